The first kappa shape index (κ1) is 22.0. The first-order chi connectivity index (χ1) is 15.6. The van der Waals surface area contributed by atoms with Crippen molar-refractivity contribution in [2.24, 2.45) is 0 Å². The molecule has 2 aromatic carbocycles. The smallest absolute Gasteiger partial charge is 0.256 e. The van der Waals surface area contributed by atoms with Gasteiger partial charge in [-0.2, -0.15) is 0 Å². The van der Waals surface area contributed by atoms with Gasteiger partial charge in [-0.3, -0.25) is 9.59 Å². The number of anilines is 2. The maximum Gasteiger partial charge on any atom is 0.256 e. The van der Waals surface area contributed by atoms with Gasteiger partial charge in [0.2, 0.25) is 0 Å². The lowest BCUT2D eigenvalue weighted by Gasteiger charge is -2.12. The largest absolute Gasteiger partial charge is 0.491 e. The van der Waals surface area contributed by atoms with E-state index < -0.39 is 0 Å². The summed E-state index contributed by atoms with van der Waals surface area (Å²) in [6, 6.07) is 17.1. The van der Waals surface area contributed by atoms with Crippen molar-refractivity contribution in [3.05, 3.63) is 82.5 Å². The minimum Gasteiger partial charge on any atom is -0.491 e. The SMILES string of the molecule is O=C(Nc1cccc(C(=O)Nc2ccc(Br)cn2)c1)c1ccc(OCC2CCCO2)cc1. The Labute approximate surface area is 194 Å². The summed E-state index contributed by atoms with van der Waals surface area (Å²) in [6.45, 7) is 1.30. The molecule has 32 heavy (non-hydrogen) atoms. The summed E-state index contributed by atoms with van der Waals surface area (Å²) < 4.78 is 12.1. The van der Waals surface area contributed by atoms with Crippen molar-refractivity contribution in [2.45, 2.75) is 18.9 Å². The molecule has 4 rings (SSSR count). The minimum absolute atomic E-state index is 0.141. The van der Waals surface area contributed by atoms with Crippen LogP contribution in [0.25, 0.3) is 0 Å². The monoisotopic (exact) mass is 495 g/mol. The van der Waals surface area contributed by atoms with Gasteiger partial charge in [0.25, 0.3) is 11.8 Å². The summed E-state index contributed by atoms with van der Waals surface area (Å²) in [5.74, 6) is 0.540. The first-order valence-corrected chi connectivity index (χ1v) is 11.0. The van der Waals surface area contributed by atoms with Crippen LogP contribution >= 0.6 is 15.9 Å². The Morgan fingerprint density at radius 1 is 1.03 bits per heavy atom. The number of amides is 2. The van der Waals surface area contributed by atoms with Gasteiger partial charge in [-0.15, -0.1) is 0 Å². The van der Waals surface area contributed by atoms with Crippen LogP contribution in [0.5, 0.6) is 5.75 Å². The summed E-state index contributed by atoms with van der Waals surface area (Å²) in [6.07, 6.45) is 3.82. The summed E-state index contributed by atoms with van der Waals surface area (Å²) in [4.78, 5) is 29.2. The molecule has 2 heterocycles. The van der Waals surface area contributed by atoms with Crippen molar-refractivity contribution in [3.63, 3.8) is 0 Å². The maximum absolute atomic E-state index is 12.6. The fourth-order valence-electron chi connectivity index (χ4n) is 3.25. The van der Waals surface area contributed by atoms with Crippen LogP contribution in [-0.2, 0) is 4.74 Å². The molecule has 8 heteroatoms. The van der Waals surface area contributed by atoms with E-state index in [-0.39, 0.29) is 17.9 Å². The highest BCUT2D eigenvalue weighted by atomic mass is 79.9. The van der Waals surface area contributed by atoms with Crippen molar-refractivity contribution in [1.82, 2.24) is 4.98 Å². The van der Waals surface area contributed by atoms with Gasteiger partial charge in [0.1, 0.15) is 18.2 Å². The standard InChI is InChI=1S/C24H22BrN3O4/c25-18-8-11-22(26-14-18)28-24(30)17-3-1-4-19(13-17)27-23(29)16-6-9-20(10-7-16)32-15-21-5-2-12-31-21/h1,3-4,6-11,13-14,21H,2,5,12,15H2,(H,27,29)(H,26,28,30). The van der Waals surface area contributed by atoms with Crippen molar-refractivity contribution in [1.29, 1.82) is 0 Å². The number of hydrogen-bond acceptors (Lipinski definition) is 5. The predicted octanol–water partition coefficient (Wildman–Crippen LogP) is 4.91. The quantitative estimate of drug-likeness (QED) is 0.486. The van der Waals surface area contributed by atoms with E-state index in [4.69, 9.17) is 9.47 Å². The molecule has 1 saturated heterocycles. The topological polar surface area (TPSA) is 89.6 Å². The Balaban J connectivity index is 1.34. The molecule has 0 radical (unpaired) electrons. The summed E-state index contributed by atoms with van der Waals surface area (Å²) in [5, 5.41) is 5.55. The Morgan fingerprint density at radius 2 is 1.84 bits per heavy atom. The van der Waals surface area contributed by atoms with Crippen LogP contribution in [-0.4, -0.2) is 36.1 Å². The van der Waals surface area contributed by atoms with Gasteiger partial charge in [0.05, 0.1) is 6.10 Å². The zero-order valence-corrected chi connectivity index (χ0v) is 18.8. The number of hydrogen-bond donors (Lipinski definition) is 2. The van der Waals surface area contributed by atoms with E-state index in [9.17, 15) is 9.59 Å². The van der Waals surface area contributed by atoms with E-state index in [0.29, 0.717) is 35.0 Å². The Kier molecular flexibility index (Phi) is 7.14. The number of nitrogens with one attached hydrogen (secondary N) is 2. The lowest BCUT2D eigenvalue weighted by atomic mass is 10.1. The van der Waals surface area contributed by atoms with Gasteiger partial charge < -0.3 is 20.1 Å². The second-order valence-electron chi connectivity index (χ2n) is 7.32. The van der Waals surface area contributed by atoms with E-state index in [2.05, 4.69) is 31.5 Å². The Hall–Kier alpha value is -3.23. The summed E-state index contributed by atoms with van der Waals surface area (Å²) in [5.41, 5.74) is 1.42. The molecule has 1 aromatic heterocycles. The molecular weight excluding hydrogens is 474 g/mol. The molecular formula is C24H22BrN3O4. The van der Waals surface area contributed by atoms with Crippen LogP contribution < -0.4 is 15.4 Å². The Bertz CT molecular complexity index is 1080. The third-order valence-electron chi connectivity index (χ3n) is 4.93. The van der Waals surface area contributed by atoms with Crippen molar-refractivity contribution in [3.8, 4) is 5.75 Å². The molecule has 2 amide bonds. The molecule has 164 valence electrons. The minimum atomic E-state index is -0.316. The van der Waals surface area contributed by atoms with Gasteiger partial charge in [-0.25, -0.2) is 4.98 Å². The number of benzene rings is 2. The van der Waals surface area contributed by atoms with E-state index in [1.165, 1.54) is 0 Å². The maximum atomic E-state index is 12.6. The number of carbonyl (C=O) groups is 2. The molecule has 1 unspecified atom stereocenters. The molecule has 0 spiro atoms. The van der Waals surface area contributed by atoms with Crippen LogP contribution in [0.3, 0.4) is 0 Å². The van der Waals surface area contributed by atoms with Crippen LogP contribution in [0.15, 0.2) is 71.3 Å². The second kappa shape index (κ2) is 10.4. The zero-order chi connectivity index (χ0) is 22.3. The highest BCUT2D eigenvalue weighted by Gasteiger charge is 2.16. The third-order valence-corrected chi connectivity index (χ3v) is 5.40. The highest BCUT2D eigenvalue weighted by molar-refractivity contribution is 9.10. The van der Waals surface area contributed by atoms with Crippen LogP contribution in [0.4, 0.5) is 11.5 Å². The lowest BCUT2D eigenvalue weighted by molar-refractivity contribution is 0.0679. The molecule has 1 fully saturated rings. The molecule has 1 atom stereocenters. The zero-order valence-electron chi connectivity index (χ0n) is 17.2. The molecule has 0 bridgehead atoms. The fraction of sp³-hybridized carbons (Fsp3) is 0.208. The molecule has 3 aromatic rings. The number of ether oxygens (including phenoxy) is 2. The average molecular weight is 496 g/mol. The van der Waals surface area contributed by atoms with E-state index >= 15 is 0 Å². The molecule has 1 aliphatic rings. The van der Waals surface area contributed by atoms with Gasteiger partial charge >= 0.3 is 0 Å². The predicted molar refractivity (Wildman–Crippen MR) is 125 cm³/mol. The summed E-state index contributed by atoms with van der Waals surface area (Å²) in [7, 11) is 0. The summed E-state index contributed by atoms with van der Waals surface area (Å²) >= 11 is 3.31. The van der Waals surface area contributed by atoms with Crippen molar-refractivity contribution in [2.75, 3.05) is 23.8 Å². The molecule has 0 aliphatic carbocycles. The lowest BCUT2D eigenvalue weighted by Crippen LogP contribution is -2.16. The van der Waals surface area contributed by atoms with Crippen molar-refractivity contribution < 1.29 is 19.1 Å². The third kappa shape index (κ3) is 5.93. The normalized spacial score (nSPS) is 15.2. The number of carbonyl (C=O) groups excluding carboxylic acids is 2. The number of pyridine rings is 1. The molecule has 1 aliphatic heterocycles. The van der Waals surface area contributed by atoms with E-state index in [1.54, 1.807) is 66.9 Å². The average Bonchev–Trinajstić information content (AvgIpc) is 3.33. The van der Waals surface area contributed by atoms with Crippen LogP contribution in [0, 0.1) is 0 Å². The fourth-order valence-corrected chi connectivity index (χ4v) is 3.48. The number of halogens is 1. The van der Waals surface area contributed by atoms with E-state index in [1.807, 2.05) is 0 Å². The molecule has 7 nitrogen and oxygen atoms in total. The van der Waals surface area contributed by atoms with Gasteiger partial charge in [0, 0.05) is 34.1 Å². The number of nitrogens with zero attached hydrogens (tertiary/aromatic N) is 1. The Morgan fingerprint density at radius 3 is 2.56 bits per heavy atom. The first-order valence-electron chi connectivity index (χ1n) is 10.3. The second-order valence-corrected chi connectivity index (χ2v) is 8.24. The van der Waals surface area contributed by atoms with Crippen LogP contribution in [0.1, 0.15) is 33.6 Å². The molecule has 0 saturated carbocycles. The van der Waals surface area contributed by atoms with Gasteiger partial charge in [-0.1, -0.05) is 6.07 Å². The highest BCUT2D eigenvalue weighted by Crippen LogP contribution is 2.18. The van der Waals surface area contributed by atoms with Crippen LogP contribution in [0.2, 0.25) is 0 Å². The number of aromatic nitrogens is 1. The number of rotatable bonds is 7. The van der Waals surface area contributed by atoms with Gasteiger partial charge in [0.15, 0.2) is 0 Å². The van der Waals surface area contributed by atoms with Gasteiger partial charge in [-0.05, 0) is 83.4 Å². The molecule has 2 N–H and O–H groups in total. The van der Waals surface area contributed by atoms with Crippen molar-refractivity contribution >= 4 is 39.2 Å². The van der Waals surface area contributed by atoms with E-state index in [0.717, 1.165) is 23.9 Å².